The molecule has 1 aliphatic heterocycles. The van der Waals surface area contributed by atoms with Crippen molar-refractivity contribution in [2.24, 2.45) is 9.98 Å². The lowest BCUT2D eigenvalue weighted by molar-refractivity contribution is 0.668. The van der Waals surface area contributed by atoms with E-state index in [0.717, 1.165) is 88.4 Å². The topological polar surface area (TPSA) is 75.9 Å². The Labute approximate surface area is 274 Å². The Kier molecular flexibility index (Phi) is 5.84. The minimum Gasteiger partial charge on any atom is -0.456 e. The molecule has 1 unspecified atom stereocenters. The van der Waals surface area contributed by atoms with Crippen molar-refractivity contribution in [2.75, 3.05) is 0 Å². The summed E-state index contributed by atoms with van der Waals surface area (Å²) in [6, 6.07) is 47.3. The zero-order valence-electron chi connectivity index (χ0n) is 25.6. The van der Waals surface area contributed by atoms with Crippen molar-refractivity contribution in [3.63, 3.8) is 0 Å². The molecule has 0 bridgehead atoms. The third-order valence-corrected chi connectivity index (χ3v) is 9.22. The van der Waals surface area contributed by atoms with Gasteiger partial charge in [0, 0.05) is 39.0 Å². The molecule has 3 aromatic heterocycles. The number of amidine groups is 2. The van der Waals surface area contributed by atoms with Gasteiger partial charge in [-0.15, -0.1) is 0 Å². The van der Waals surface area contributed by atoms with Crippen LogP contribution in [-0.2, 0) is 0 Å². The van der Waals surface area contributed by atoms with E-state index in [2.05, 4.69) is 72.0 Å². The Morgan fingerprint density at radius 2 is 1.06 bits per heavy atom. The van der Waals surface area contributed by atoms with E-state index in [1.807, 2.05) is 79.0 Å². The number of fused-ring (bicyclic) bond motifs is 7. The molecule has 0 fully saturated rings. The van der Waals surface area contributed by atoms with E-state index in [1.165, 1.54) is 0 Å². The van der Waals surface area contributed by atoms with Gasteiger partial charge >= 0.3 is 0 Å². The van der Waals surface area contributed by atoms with Crippen LogP contribution in [0.4, 0.5) is 0 Å². The van der Waals surface area contributed by atoms with Crippen LogP contribution in [-0.4, -0.2) is 16.7 Å². The fourth-order valence-corrected chi connectivity index (χ4v) is 7.07. The fourth-order valence-electron chi connectivity index (χ4n) is 7.07. The summed E-state index contributed by atoms with van der Waals surface area (Å²) in [7, 11) is 0. The summed E-state index contributed by atoms with van der Waals surface area (Å²) in [6.07, 6.45) is 1.48. The lowest BCUT2D eigenvalue weighted by Crippen LogP contribution is -2.33. The second-order valence-corrected chi connectivity index (χ2v) is 12.0. The summed E-state index contributed by atoms with van der Waals surface area (Å²) in [6.45, 7) is 0. The Balaban J connectivity index is 1.19. The first-order chi connectivity index (χ1) is 23.8. The molecule has 6 heteroatoms. The Hall–Kier alpha value is -6.53. The predicted molar refractivity (Wildman–Crippen MR) is 194 cm³/mol. The molecule has 226 valence electrons. The van der Waals surface area contributed by atoms with Crippen molar-refractivity contribution < 1.29 is 8.83 Å². The largest absolute Gasteiger partial charge is 0.456 e. The van der Waals surface area contributed by atoms with Crippen LogP contribution in [0.5, 0.6) is 0 Å². The number of aliphatic imine (C=N–C) groups is 2. The monoisotopic (exact) mass is 618 g/mol. The molecule has 6 aromatic carbocycles. The number of hydrogen-bond acceptors (Lipinski definition) is 6. The molecule has 0 saturated heterocycles. The molecular weight excluding hydrogens is 592 g/mol. The number of aromatic nitrogens is 1. The first-order valence-corrected chi connectivity index (χ1v) is 16.0. The van der Waals surface area contributed by atoms with Crippen molar-refractivity contribution in [1.29, 1.82) is 0 Å². The molecule has 0 saturated carbocycles. The van der Waals surface area contributed by atoms with Gasteiger partial charge in [-0.05, 0) is 40.6 Å². The third-order valence-electron chi connectivity index (χ3n) is 9.22. The molecule has 4 heterocycles. The highest BCUT2D eigenvalue weighted by atomic mass is 16.3. The van der Waals surface area contributed by atoms with Gasteiger partial charge in [-0.2, -0.15) is 0 Å². The average Bonchev–Trinajstić information content (AvgIpc) is 3.73. The highest BCUT2D eigenvalue weighted by Crippen LogP contribution is 2.39. The quantitative estimate of drug-likeness (QED) is 0.213. The van der Waals surface area contributed by atoms with Gasteiger partial charge in [-0.25, -0.2) is 9.98 Å². The van der Waals surface area contributed by atoms with Gasteiger partial charge in [0.05, 0.1) is 11.1 Å². The number of hydrogen-bond donors (Lipinski definition) is 1. The van der Waals surface area contributed by atoms with Crippen LogP contribution in [0.15, 0.2) is 165 Å². The summed E-state index contributed by atoms with van der Waals surface area (Å²) in [4.78, 5) is 15.4. The van der Waals surface area contributed by atoms with E-state index >= 15 is 0 Å². The molecule has 48 heavy (non-hydrogen) atoms. The number of nitrogens with zero attached hydrogens (tertiary/aromatic N) is 3. The van der Waals surface area contributed by atoms with Crippen molar-refractivity contribution >= 4 is 66.3 Å². The van der Waals surface area contributed by atoms with Gasteiger partial charge in [-0.3, -0.25) is 4.98 Å². The number of nitrogens with one attached hydrogen (secondary N) is 1. The van der Waals surface area contributed by atoms with Crippen LogP contribution in [0.25, 0.3) is 65.9 Å². The molecule has 1 N–H and O–H groups in total. The van der Waals surface area contributed by atoms with Gasteiger partial charge in [0.15, 0.2) is 5.84 Å². The van der Waals surface area contributed by atoms with Gasteiger partial charge in [-0.1, -0.05) is 115 Å². The van der Waals surface area contributed by atoms with Crippen LogP contribution in [0.2, 0.25) is 0 Å². The maximum absolute atomic E-state index is 6.24. The molecule has 9 aromatic rings. The summed E-state index contributed by atoms with van der Waals surface area (Å²) in [5, 5.41) is 9.93. The van der Waals surface area contributed by atoms with Crippen LogP contribution in [0, 0.1) is 0 Å². The second-order valence-electron chi connectivity index (χ2n) is 12.0. The minimum absolute atomic E-state index is 0.340. The number of rotatable bonds is 4. The van der Waals surface area contributed by atoms with Crippen molar-refractivity contribution in [3.05, 3.63) is 162 Å². The predicted octanol–water partition coefficient (Wildman–Crippen LogP) is 10.2. The normalized spacial score (nSPS) is 14.9. The summed E-state index contributed by atoms with van der Waals surface area (Å²) >= 11 is 0. The van der Waals surface area contributed by atoms with Crippen molar-refractivity contribution in [1.82, 2.24) is 10.3 Å². The van der Waals surface area contributed by atoms with Gasteiger partial charge in [0.1, 0.15) is 34.3 Å². The van der Waals surface area contributed by atoms with E-state index in [4.69, 9.17) is 23.8 Å². The van der Waals surface area contributed by atoms with E-state index in [9.17, 15) is 0 Å². The van der Waals surface area contributed by atoms with Gasteiger partial charge in [0.25, 0.3) is 0 Å². The SMILES string of the molecule is c1ccc(C2N=C(c3cccc4oc5ccccc5c34)N=C(c3cccc4c(-c5nccc6oc7ccccc7c56)cccc34)N2)cc1. The maximum Gasteiger partial charge on any atom is 0.160 e. The highest BCUT2D eigenvalue weighted by Gasteiger charge is 2.25. The first-order valence-electron chi connectivity index (χ1n) is 16.0. The van der Waals surface area contributed by atoms with E-state index in [-0.39, 0.29) is 6.17 Å². The molecule has 0 amide bonds. The van der Waals surface area contributed by atoms with Crippen LogP contribution >= 0.6 is 0 Å². The number of para-hydroxylation sites is 2. The fraction of sp³-hybridized carbons (Fsp3) is 0.0238. The smallest absolute Gasteiger partial charge is 0.160 e. The standard InChI is InChI=1S/C42H26N4O2/c1-2-11-25(12-3-1)40-44-41(46-42(45-40)32-19-10-22-35-37(32)30-13-4-6-20-33(30)47-35)29-18-9-15-26-27(29)16-8-17-28(26)39-38-31-14-5-7-21-34(31)48-36(38)23-24-43-39/h1-24,40H,(H,44,45,46). The molecule has 1 atom stereocenters. The lowest BCUT2D eigenvalue weighted by Gasteiger charge is -2.24. The van der Waals surface area contributed by atoms with E-state index in [1.54, 1.807) is 0 Å². The van der Waals surface area contributed by atoms with Crippen LogP contribution in [0.3, 0.4) is 0 Å². The third kappa shape index (κ3) is 4.09. The zero-order chi connectivity index (χ0) is 31.6. The molecule has 10 rings (SSSR count). The lowest BCUT2D eigenvalue weighted by atomic mass is 9.95. The molecule has 0 spiro atoms. The Bertz CT molecular complexity index is 2770. The highest BCUT2D eigenvalue weighted by molar-refractivity contribution is 6.24. The molecule has 6 nitrogen and oxygen atoms in total. The van der Waals surface area contributed by atoms with Crippen LogP contribution in [0.1, 0.15) is 22.9 Å². The van der Waals surface area contributed by atoms with Crippen molar-refractivity contribution in [2.45, 2.75) is 6.17 Å². The van der Waals surface area contributed by atoms with Gasteiger partial charge in [0.2, 0.25) is 0 Å². The van der Waals surface area contributed by atoms with Crippen LogP contribution < -0.4 is 5.32 Å². The second kappa shape index (κ2) is 10.5. The molecule has 0 radical (unpaired) electrons. The number of furan rings is 2. The Morgan fingerprint density at radius 1 is 0.479 bits per heavy atom. The summed E-state index contributed by atoms with van der Waals surface area (Å²) < 4.78 is 12.5. The number of pyridine rings is 1. The molecule has 0 aliphatic carbocycles. The number of benzene rings is 6. The Morgan fingerprint density at radius 3 is 1.85 bits per heavy atom. The molecular formula is C42H26N4O2. The first kappa shape index (κ1) is 26.7. The minimum atomic E-state index is -0.340. The van der Waals surface area contributed by atoms with Gasteiger partial charge < -0.3 is 14.2 Å². The van der Waals surface area contributed by atoms with E-state index in [0.29, 0.717) is 5.84 Å². The molecule has 1 aliphatic rings. The maximum atomic E-state index is 6.24. The summed E-state index contributed by atoms with van der Waals surface area (Å²) in [5.74, 6) is 1.40. The van der Waals surface area contributed by atoms with Crippen molar-refractivity contribution in [3.8, 4) is 11.3 Å². The zero-order valence-corrected chi connectivity index (χ0v) is 25.6. The average molecular weight is 619 g/mol. The van der Waals surface area contributed by atoms with E-state index < -0.39 is 0 Å². The summed E-state index contributed by atoms with van der Waals surface area (Å²) in [5.41, 5.74) is 8.21.